The van der Waals surface area contributed by atoms with Crippen LogP contribution in [0, 0.1) is 0 Å². The average molecular weight is 314 g/mol. The van der Waals surface area contributed by atoms with E-state index in [1.807, 2.05) is 0 Å². The summed E-state index contributed by atoms with van der Waals surface area (Å²) in [6, 6.07) is 16.8. The van der Waals surface area contributed by atoms with Gasteiger partial charge in [0, 0.05) is 10.6 Å². The zero-order valence-corrected chi connectivity index (χ0v) is 15.4. The van der Waals surface area contributed by atoms with E-state index >= 15 is 0 Å². The van der Waals surface area contributed by atoms with Crippen LogP contribution in [0.3, 0.4) is 0 Å². The van der Waals surface area contributed by atoms with Crippen LogP contribution in [0.15, 0.2) is 48.5 Å². The highest BCUT2D eigenvalue weighted by Crippen LogP contribution is 2.31. The molecule has 0 atom stereocenters. The minimum absolute atomic E-state index is 0.144. The maximum atomic E-state index is 10.6. The molecule has 1 nitrogen and oxygen atoms in total. The molecule has 1 N–H and O–H groups in total. The van der Waals surface area contributed by atoms with Crippen molar-refractivity contribution in [3.63, 3.8) is 0 Å². The number of hydrogen-bond acceptors (Lipinski definition) is 1. The van der Waals surface area contributed by atoms with Gasteiger partial charge in [0.25, 0.3) is 0 Å². The molecule has 0 unspecified atom stereocenters. The third-order valence-electron chi connectivity index (χ3n) is 3.96. The van der Waals surface area contributed by atoms with Gasteiger partial charge >= 0.3 is 0 Å². The van der Waals surface area contributed by atoms with Gasteiger partial charge in [-0.15, -0.1) is 0 Å². The smallest absolute Gasteiger partial charge is 0.0877 e. The lowest BCUT2D eigenvalue weighted by atomic mass is 9.87. The highest BCUT2D eigenvalue weighted by molar-refractivity contribution is 7.67. The van der Waals surface area contributed by atoms with Gasteiger partial charge in [-0.25, -0.2) is 0 Å². The minimum Gasteiger partial charge on any atom is -0.364 e. The zero-order valence-electron chi connectivity index (χ0n) is 14.5. The SMILES string of the molecule is CC(C)(C)c1ccc(P(O)c2ccc(C(C)(C)C)cc2)cc1. The third-order valence-corrected chi connectivity index (χ3v) is 5.53. The normalized spacial score (nSPS) is 12.7. The molecule has 0 fully saturated rings. The predicted molar refractivity (Wildman–Crippen MR) is 98.7 cm³/mol. The Balaban J connectivity index is 2.23. The Bertz CT molecular complexity index is 555. The van der Waals surface area contributed by atoms with Crippen LogP contribution < -0.4 is 10.6 Å². The molecular weight excluding hydrogens is 287 g/mol. The van der Waals surface area contributed by atoms with Crippen LogP contribution in [0.5, 0.6) is 0 Å². The summed E-state index contributed by atoms with van der Waals surface area (Å²) in [5.41, 5.74) is 2.88. The van der Waals surface area contributed by atoms with E-state index in [0.29, 0.717) is 0 Å². The second kappa shape index (κ2) is 6.14. The molecule has 0 spiro atoms. The Hall–Kier alpha value is -1.17. The van der Waals surface area contributed by atoms with Crippen LogP contribution in [-0.4, -0.2) is 4.89 Å². The van der Waals surface area contributed by atoms with Gasteiger partial charge in [-0.05, 0) is 22.0 Å². The van der Waals surface area contributed by atoms with Gasteiger partial charge in [0.15, 0.2) is 0 Å². The lowest BCUT2D eigenvalue weighted by molar-refractivity contribution is 0.590. The van der Waals surface area contributed by atoms with E-state index in [-0.39, 0.29) is 10.8 Å². The predicted octanol–water partition coefficient (Wildman–Crippen LogP) is 4.62. The summed E-state index contributed by atoms with van der Waals surface area (Å²) in [6.45, 7) is 13.2. The summed E-state index contributed by atoms with van der Waals surface area (Å²) in [4.78, 5) is 10.6. The Labute approximate surface area is 136 Å². The molecule has 118 valence electrons. The van der Waals surface area contributed by atoms with E-state index in [1.165, 1.54) is 11.1 Å². The highest BCUT2D eigenvalue weighted by atomic mass is 31.1. The first-order valence-electron chi connectivity index (χ1n) is 7.79. The zero-order chi connectivity index (χ0) is 16.5. The lowest BCUT2D eigenvalue weighted by Crippen LogP contribution is -2.16. The van der Waals surface area contributed by atoms with Gasteiger partial charge in [0.05, 0.1) is 8.15 Å². The molecule has 0 aliphatic rings. The van der Waals surface area contributed by atoms with Crippen LogP contribution in [0.4, 0.5) is 0 Å². The van der Waals surface area contributed by atoms with Gasteiger partial charge in [0.2, 0.25) is 0 Å². The fourth-order valence-corrected chi connectivity index (χ4v) is 3.52. The van der Waals surface area contributed by atoms with Crippen molar-refractivity contribution < 1.29 is 4.89 Å². The van der Waals surface area contributed by atoms with E-state index in [4.69, 9.17) is 0 Å². The van der Waals surface area contributed by atoms with Gasteiger partial charge in [-0.1, -0.05) is 90.1 Å². The van der Waals surface area contributed by atoms with Crippen molar-refractivity contribution in [1.29, 1.82) is 0 Å². The summed E-state index contributed by atoms with van der Waals surface area (Å²) in [5.74, 6) is 0. The number of benzene rings is 2. The van der Waals surface area contributed by atoms with Gasteiger partial charge < -0.3 is 4.89 Å². The summed E-state index contributed by atoms with van der Waals surface area (Å²) in [5, 5.41) is 2.01. The number of hydrogen-bond donors (Lipinski definition) is 1. The first-order chi connectivity index (χ1) is 10.1. The molecule has 2 rings (SSSR count). The highest BCUT2D eigenvalue weighted by Gasteiger charge is 2.17. The lowest BCUT2D eigenvalue weighted by Gasteiger charge is -2.21. The van der Waals surface area contributed by atoms with Gasteiger partial charge in [-0.3, -0.25) is 0 Å². The van der Waals surface area contributed by atoms with Crippen molar-refractivity contribution in [2.24, 2.45) is 0 Å². The van der Waals surface area contributed by atoms with E-state index in [2.05, 4.69) is 90.1 Å². The molecule has 22 heavy (non-hydrogen) atoms. The molecule has 0 amide bonds. The Morgan fingerprint density at radius 2 is 0.864 bits per heavy atom. The summed E-state index contributed by atoms with van der Waals surface area (Å²) >= 11 is 0. The maximum absolute atomic E-state index is 10.6. The van der Waals surface area contributed by atoms with Gasteiger partial charge in [0.1, 0.15) is 0 Å². The van der Waals surface area contributed by atoms with Crippen molar-refractivity contribution in [3.05, 3.63) is 59.7 Å². The fourth-order valence-electron chi connectivity index (χ4n) is 2.35. The van der Waals surface area contributed by atoms with Crippen LogP contribution in [0.1, 0.15) is 52.7 Å². The van der Waals surface area contributed by atoms with Crippen molar-refractivity contribution in [3.8, 4) is 0 Å². The first-order valence-corrected chi connectivity index (χ1v) is 9.08. The first kappa shape index (κ1) is 17.2. The minimum atomic E-state index is -1.27. The fraction of sp³-hybridized carbons (Fsp3) is 0.400. The average Bonchev–Trinajstić information content (AvgIpc) is 2.45. The summed E-state index contributed by atoms with van der Waals surface area (Å²) in [6.07, 6.45) is 0. The molecule has 0 heterocycles. The molecule has 2 aromatic carbocycles. The second-order valence-corrected chi connectivity index (χ2v) is 9.56. The van der Waals surface area contributed by atoms with Crippen LogP contribution >= 0.6 is 8.15 Å². The molecule has 0 aliphatic carbocycles. The topological polar surface area (TPSA) is 20.2 Å². The van der Waals surface area contributed by atoms with Crippen LogP contribution in [0.25, 0.3) is 0 Å². The molecular formula is C20H27OP. The van der Waals surface area contributed by atoms with Crippen LogP contribution in [0.2, 0.25) is 0 Å². The molecule has 0 radical (unpaired) electrons. The second-order valence-electron chi connectivity index (χ2n) is 7.91. The van der Waals surface area contributed by atoms with Crippen molar-refractivity contribution in [2.75, 3.05) is 0 Å². The molecule has 2 heteroatoms. The Morgan fingerprint density at radius 1 is 0.591 bits per heavy atom. The Morgan fingerprint density at radius 3 is 1.09 bits per heavy atom. The summed E-state index contributed by atoms with van der Waals surface area (Å²) in [7, 11) is -1.27. The Kier molecular flexibility index (Phi) is 4.80. The maximum Gasteiger partial charge on any atom is 0.0877 e. The summed E-state index contributed by atoms with van der Waals surface area (Å²) < 4.78 is 0. The standard InChI is InChI=1S/C20H27OP/c1-19(2,3)15-7-11-17(12-8-15)22(21)18-13-9-16(10-14-18)20(4,5)6/h7-14,21H,1-6H3. The monoisotopic (exact) mass is 314 g/mol. The van der Waals surface area contributed by atoms with Crippen molar-refractivity contribution in [2.45, 2.75) is 52.4 Å². The molecule has 0 saturated carbocycles. The van der Waals surface area contributed by atoms with Crippen LogP contribution in [-0.2, 0) is 10.8 Å². The van der Waals surface area contributed by atoms with E-state index in [0.717, 1.165) is 10.6 Å². The molecule has 0 aromatic heterocycles. The van der Waals surface area contributed by atoms with Gasteiger partial charge in [-0.2, -0.15) is 0 Å². The quantitative estimate of drug-likeness (QED) is 0.802. The van der Waals surface area contributed by atoms with E-state index < -0.39 is 8.15 Å². The molecule has 0 saturated heterocycles. The van der Waals surface area contributed by atoms with E-state index in [9.17, 15) is 4.89 Å². The third kappa shape index (κ3) is 3.97. The molecule has 0 aliphatic heterocycles. The largest absolute Gasteiger partial charge is 0.364 e. The molecule has 0 bridgehead atoms. The molecule has 2 aromatic rings. The van der Waals surface area contributed by atoms with E-state index in [1.54, 1.807) is 0 Å². The van der Waals surface area contributed by atoms with Crippen molar-refractivity contribution in [1.82, 2.24) is 0 Å². The number of rotatable bonds is 2. The van der Waals surface area contributed by atoms with Crippen molar-refractivity contribution >= 4 is 18.8 Å².